The normalized spacial score (nSPS) is 16.6. The Kier molecular flexibility index (Phi) is 4.97. The maximum Gasteiger partial charge on any atom is 0.225 e. The Morgan fingerprint density at radius 3 is 2.93 bits per heavy atom. The molecule has 0 spiro atoms. The van der Waals surface area contributed by atoms with Gasteiger partial charge in [-0.3, -0.25) is 9.79 Å². The van der Waals surface area contributed by atoms with Crippen molar-refractivity contribution in [2.45, 2.75) is 25.8 Å². The van der Waals surface area contributed by atoms with Crippen molar-refractivity contribution in [1.29, 1.82) is 0 Å². The Morgan fingerprint density at radius 1 is 1.25 bits per heavy atom. The molecule has 2 aromatic heterocycles. The van der Waals surface area contributed by atoms with Crippen molar-refractivity contribution in [1.82, 2.24) is 20.0 Å². The van der Waals surface area contributed by atoms with Crippen LogP contribution in [0.5, 0.6) is 0 Å². The number of hydrogen-bond donors (Lipinski definition) is 3. The van der Waals surface area contributed by atoms with Gasteiger partial charge in [-0.1, -0.05) is 24.3 Å². The van der Waals surface area contributed by atoms with E-state index in [9.17, 15) is 4.79 Å². The van der Waals surface area contributed by atoms with Gasteiger partial charge in [0.2, 0.25) is 5.91 Å². The number of rotatable bonds is 4. The molecule has 1 aromatic carbocycles. The van der Waals surface area contributed by atoms with E-state index in [1.807, 2.05) is 36.5 Å². The van der Waals surface area contributed by atoms with Crippen LogP contribution in [0.4, 0.5) is 5.69 Å². The maximum atomic E-state index is 12.0. The summed E-state index contributed by atoms with van der Waals surface area (Å²) in [6, 6.07) is 14.0. The van der Waals surface area contributed by atoms with Crippen LogP contribution in [0.15, 0.2) is 53.7 Å². The minimum atomic E-state index is 0.0496. The Bertz CT molecular complexity index is 1040. The molecule has 1 aliphatic heterocycles. The lowest BCUT2D eigenvalue weighted by molar-refractivity contribution is -0.116. The number of para-hydroxylation sites is 1. The lowest BCUT2D eigenvalue weighted by Crippen LogP contribution is -2.40. The summed E-state index contributed by atoms with van der Waals surface area (Å²) in [6.07, 6.45) is 2.50. The molecule has 4 rings (SSSR count). The number of nitrogens with zero attached hydrogens (tertiary/aromatic N) is 3. The third kappa shape index (κ3) is 3.69. The van der Waals surface area contributed by atoms with Gasteiger partial charge in [0.05, 0.1) is 12.2 Å². The minimum absolute atomic E-state index is 0.0496. The first-order chi connectivity index (χ1) is 13.6. The van der Waals surface area contributed by atoms with E-state index < -0.39 is 0 Å². The van der Waals surface area contributed by atoms with Crippen LogP contribution in [0.1, 0.15) is 29.3 Å². The van der Waals surface area contributed by atoms with Crippen LogP contribution in [-0.4, -0.2) is 34.8 Å². The van der Waals surface area contributed by atoms with Gasteiger partial charge in [-0.2, -0.15) is 0 Å². The smallest absolute Gasteiger partial charge is 0.225 e. The zero-order valence-electron chi connectivity index (χ0n) is 16.1. The van der Waals surface area contributed by atoms with Crippen molar-refractivity contribution in [2.75, 3.05) is 18.9 Å². The number of guanidine groups is 1. The molecule has 0 fully saturated rings. The van der Waals surface area contributed by atoms with E-state index in [1.165, 1.54) is 0 Å². The fourth-order valence-corrected chi connectivity index (χ4v) is 3.58. The van der Waals surface area contributed by atoms with Crippen molar-refractivity contribution < 1.29 is 4.79 Å². The minimum Gasteiger partial charge on any atom is -0.356 e. The number of fused-ring (bicyclic) bond motifs is 2. The second-order valence-corrected chi connectivity index (χ2v) is 6.97. The second-order valence-electron chi connectivity index (χ2n) is 6.97. The van der Waals surface area contributed by atoms with Crippen LogP contribution >= 0.6 is 0 Å². The molecular formula is C21H24N6O. The fraction of sp³-hybridized carbons (Fsp3) is 0.286. The topological polar surface area (TPSA) is 82.8 Å². The van der Waals surface area contributed by atoms with Gasteiger partial charge in [0.1, 0.15) is 5.65 Å². The lowest BCUT2D eigenvalue weighted by atomic mass is 9.90. The summed E-state index contributed by atoms with van der Waals surface area (Å²) in [5.41, 5.74) is 5.08. The van der Waals surface area contributed by atoms with Crippen LogP contribution in [0.3, 0.4) is 0 Å². The van der Waals surface area contributed by atoms with Crippen molar-refractivity contribution in [3.05, 3.63) is 65.6 Å². The predicted octanol–water partition coefficient (Wildman–Crippen LogP) is 2.43. The van der Waals surface area contributed by atoms with Gasteiger partial charge in [-0.25, -0.2) is 4.98 Å². The van der Waals surface area contributed by atoms with Crippen molar-refractivity contribution >= 4 is 23.2 Å². The number of imidazole rings is 1. The fourth-order valence-electron chi connectivity index (χ4n) is 3.58. The summed E-state index contributed by atoms with van der Waals surface area (Å²) in [7, 11) is 1.74. The van der Waals surface area contributed by atoms with Gasteiger partial charge in [0.15, 0.2) is 5.96 Å². The number of pyridine rings is 1. The first-order valence-corrected chi connectivity index (χ1v) is 9.41. The van der Waals surface area contributed by atoms with Gasteiger partial charge in [-0.15, -0.1) is 0 Å². The largest absolute Gasteiger partial charge is 0.356 e. The molecular weight excluding hydrogens is 352 g/mol. The quantitative estimate of drug-likeness (QED) is 0.482. The Hall–Kier alpha value is -3.35. The van der Waals surface area contributed by atoms with E-state index in [2.05, 4.69) is 49.4 Å². The monoisotopic (exact) mass is 376 g/mol. The van der Waals surface area contributed by atoms with Crippen LogP contribution in [-0.2, 0) is 11.3 Å². The number of aromatic nitrogens is 2. The van der Waals surface area contributed by atoms with Crippen LogP contribution < -0.4 is 16.0 Å². The summed E-state index contributed by atoms with van der Waals surface area (Å²) in [6.45, 7) is 3.27. The first kappa shape index (κ1) is 18.0. The molecule has 144 valence electrons. The maximum absolute atomic E-state index is 12.0. The summed E-state index contributed by atoms with van der Waals surface area (Å²) in [4.78, 5) is 20.9. The molecule has 7 nitrogen and oxygen atoms in total. The molecule has 1 atom stereocenters. The average molecular weight is 376 g/mol. The number of aryl methyl sites for hydroxylation is 1. The highest BCUT2D eigenvalue weighted by Gasteiger charge is 2.24. The molecule has 7 heteroatoms. The van der Waals surface area contributed by atoms with Crippen molar-refractivity contribution in [3.63, 3.8) is 0 Å². The molecule has 1 unspecified atom stereocenters. The van der Waals surface area contributed by atoms with Crippen molar-refractivity contribution in [3.8, 4) is 0 Å². The average Bonchev–Trinajstić information content (AvgIpc) is 3.12. The number of anilines is 1. The van der Waals surface area contributed by atoms with E-state index in [4.69, 9.17) is 0 Å². The standard InChI is InChI=1S/C21H24N6O/c1-14-6-5-9-19-25-16(13-27(14)19)12-24-21(22-2)23-11-15-10-20(28)26-18-8-4-3-7-17(15)18/h3-9,13,15H,10-12H2,1-2H3,(H,26,28)(H2,22,23,24). The number of amides is 1. The highest BCUT2D eigenvalue weighted by atomic mass is 16.1. The third-order valence-electron chi connectivity index (χ3n) is 5.03. The van der Waals surface area contributed by atoms with E-state index in [1.54, 1.807) is 7.05 Å². The Balaban J connectivity index is 1.39. The zero-order valence-corrected chi connectivity index (χ0v) is 16.1. The molecule has 0 saturated heterocycles. The molecule has 28 heavy (non-hydrogen) atoms. The van der Waals surface area contributed by atoms with E-state index in [-0.39, 0.29) is 11.8 Å². The number of aliphatic imine (C=N–C) groups is 1. The molecule has 1 aliphatic rings. The molecule has 0 saturated carbocycles. The number of carbonyl (C=O) groups excluding carboxylic acids is 1. The first-order valence-electron chi connectivity index (χ1n) is 9.41. The highest BCUT2D eigenvalue weighted by Crippen LogP contribution is 2.31. The lowest BCUT2D eigenvalue weighted by Gasteiger charge is -2.26. The molecule has 3 aromatic rings. The summed E-state index contributed by atoms with van der Waals surface area (Å²) < 4.78 is 2.07. The third-order valence-corrected chi connectivity index (χ3v) is 5.03. The van der Waals surface area contributed by atoms with Gasteiger partial charge >= 0.3 is 0 Å². The van der Waals surface area contributed by atoms with Crippen LogP contribution in [0.2, 0.25) is 0 Å². The summed E-state index contributed by atoms with van der Waals surface area (Å²) in [5, 5.41) is 9.58. The Morgan fingerprint density at radius 2 is 2.11 bits per heavy atom. The van der Waals surface area contributed by atoms with Gasteiger partial charge in [0, 0.05) is 43.5 Å². The zero-order chi connectivity index (χ0) is 19.5. The van der Waals surface area contributed by atoms with Crippen LogP contribution in [0, 0.1) is 6.92 Å². The second kappa shape index (κ2) is 7.72. The van der Waals surface area contributed by atoms with E-state index >= 15 is 0 Å². The van der Waals surface area contributed by atoms with Crippen molar-refractivity contribution in [2.24, 2.45) is 4.99 Å². The van der Waals surface area contributed by atoms with Crippen LogP contribution in [0.25, 0.3) is 5.65 Å². The van der Waals surface area contributed by atoms with Gasteiger partial charge in [-0.05, 0) is 30.7 Å². The van der Waals surface area contributed by atoms with E-state index in [0.717, 1.165) is 28.3 Å². The highest BCUT2D eigenvalue weighted by molar-refractivity contribution is 5.94. The molecule has 1 amide bonds. The molecule has 3 N–H and O–H groups in total. The number of carbonyl (C=O) groups is 1. The van der Waals surface area contributed by atoms with Gasteiger partial charge in [0.25, 0.3) is 0 Å². The summed E-state index contributed by atoms with van der Waals surface area (Å²) >= 11 is 0. The SMILES string of the molecule is CN=C(NCc1cn2c(C)cccc2n1)NCC1CC(=O)Nc2ccccc21. The molecule has 0 radical (unpaired) electrons. The summed E-state index contributed by atoms with van der Waals surface area (Å²) in [5.74, 6) is 0.854. The number of hydrogen-bond acceptors (Lipinski definition) is 3. The molecule has 0 bridgehead atoms. The number of benzene rings is 1. The molecule has 3 heterocycles. The van der Waals surface area contributed by atoms with E-state index in [0.29, 0.717) is 25.5 Å². The number of nitrogens with one attached hydrogen (secondary N) is 3. The Labute approximate surface area is 163 Å². The predicted molar refractivity (Wildman–Crippen MR) is 111 cm³/mol. The van der Waals surface area contributed by atoms with Gasteiger partial charge < -0.3 is 20.4 Å². The molecule has 0 aliphatic carbocycles.